The first-order valence-corrected chi connectivity index (χ1v) is 10.3. The molecular weight excluding hydrogens is 384 g/mol. The normalized spacial score (nSPS) is 24.8. The average Bonchev–Trinajstić information content (AvgIpc) is 3.33. The van der Waals surface area contributed by atoms with Crippen molar-refractivity contribution in [3.63, 3.8) is 0 Å². The number of rotatable bonds is 7. The van der Waals surface area contributed by atoms with E-state index in [2.05, 4.69) is 10.6 Å². The van der Waals surface area contributed by atoms with Gasteiger partial charge in [-0.15, -0.1) is 0 Å². The van der Waals surface area contributed by atoms with Crippen LogP contribution in [-0.2, 0) is 14.3 Å². The van der Waals surface area contributed by atoms with Crippen molar-refractivity contribution in [3.05, 3.63) is 60.2 Å². The summed E-state index contributed by atoms with van der Waals surface area (Å²) in [5, 5.41) is 5.97. The molecule has 0 spiro atoms. The first kappa shape index (κ1) is 20.4. The van der Waals surface area contributed by atoms with Crippen LogP contribution in [0.3, 0.4) is 0 Å². The topological polar surface area (TPSA) is 85.9 Å². The van der Waals surface area contributed by atoms with E-state index in [1.165, 1.54) is 0 Å². The van der Waals surface area contributed by atoms with E-state index < -0.39 is 0 Å². The fourth-order valence-corrected chi connectivity index (χ4v) is 3.83. The number of hydrogen-bond donors (Lipinski definition) is 2. The SMILES string of the molecule is CCCC(=O)NC1COC2C(NC(=O)c3cccc(Oc4ccccc4)c3)COC12. The highest BCUT2D eigenvalue weighted by molar-refractivity contribution is 5.94. The molecule has 0 aromatic heterocycles. The monoisotopic (exact) mass is 410 g/mol. The van der Waals surface area contributed by atoms with Crippen LogP contribution in [0.1, 0.15) is 30.1 Å². The van der Waals surface area contributed by atoms with Gasteiger partial charge in [-0.25, -0.2) is 0 Å². The Morgan fingerprint density at radius 2 is 1.60 bits per heavy atom. The van der Waals surface area contributed by atoms with Crippen molar-refractivity contribution in [2.45, 2.75) is 44.1 Å². The third-order valence-corrected chi connectivity index (χ3v) is 5.27. The largest absolute Gasteiger partial charge is 0.457 e. The van der Waals surface area contributed by atoms with Crippen molar-refractivity contribution in [3.8, 4) is 11.5 Å². The van der Waals surface area contributed by atoms with Crippen molar-refractivity contribution in [1.82, 2.24) is 10.6 Å². The molecule has 2 fully saturated rings. The van der Waals surface area contributed by atoms with Crippen molar-refractivity contribution in [2.24, 2.45) is 0 Å². The summed E-state index contributed by atoms with van der Waals surface area (Å²) in [7, 11) is 0. The molecule has 4 unspecified atom stereocenters. The van der Waals surface area contributed by atoms with E-state index in [1.54, 1.807) is 18.2 Å². The fourth-order valence-electron chi connectivity index (χ4n) is 3.83. The number of ether oxygens (including phenoxy) is 3. The number of benzene rings is 2. The number of fused-ring (bicyclic) bond motifs is 1. The maximum absolute atomic E-state index is 12.8. The molecule has 2 aromatic rings. The summed E-state index contributed by atoms with van der Waals surface area (Å²) >= 11 is 0. The van der Waals surface area contributed by atoms with Crippen LogP contribution in [0.4, 0.5) is 0 Å². The van der Waals surface area contributed by atoms with E-state index in [0.717, 1.165) is 6.42 Å². The third kappa shape index (κ3) is 4.63. The van der Waals surface area contributed by atoms with Crippen LogP contribution in [0.25, 0.3) is 0 Å². The Bertz CT molecular complexity index is 888. The summed E-state index contributed by atoms with van der Waals surface area (Å²) in [5.74, 6) is 1.07. The highest BCUT2D eigenvalue weighted by Gasteiger charge is 2.48. The maximum Gasteiger partial charge on any atom is 0.251 e. The molecule has 2 N–H and O–H groups in total. The van der Waals surface area contributed by atoms with Gasteiger partial charge in [0.1, 0.15) is 23.7 Å². The van der Waals surface area contributed by atoms with E-state index in [1.807, 2.05) is 43.3 Å². The third-order valence-electron chi connectivity index (χ3n) is 5.27. The Morgan fingerprint density at radius 3 is 2.30 bits per heavy atom. The van der Waals surface area contributed by atoms with Gasteiger partial charge in [0.2, 0.25) is 5.91 Å². The molecule has 2 heterocycles. The minimum absolute atomic E-state index is 0.00179. The quantitative estimate of drug-likeness (QED) is 0.733. The zero-order chi connectivity index (χ0) is 20.9. The number of nitrogens with one attached hydrogen (secondary N) is 2. The van der Waals surface area contributed by atoms with Crippen LogP contribution in [0, 0.1) is 0 Å². The lowest BCUT2D eigenvalue weighted by molar-refractivity contribution is -0.122. The number of para-hydroxylation sites is 1. The highest BCUT2D eigenvalue weighted by Crippen LogP contribution is 2.28. The van der Waals surface area contributed by atoms with Gasteiger partial charge < -0.3 is 24.8 Å². The Labute approximate surface area is 175 Å². The number of hydrogen-bond acceptors (Lipinski definition) is 5. The molecule has 2 aliphatic rings. The molecule has 7 nitrogen and oxygen atoms in total. The lowest BCUT2D eigenvalue weighted by Crippen LogP contribution is -2.46. The first-order chi connectivity index (χ1) is 14.6. The standard InChI is InChI=1S/C23H26N2O5/c1-2-7-20(26)24-18-13-28-22-19(14-29-21(18)22)25-23(27)15-8-6-11-17(12-15)30-16-9-4-3-5-10-16/h3-6,8-12,18-19,21-22H,2,7,13-14H2,1H3,(H,24,26)(H,25,27). The van der Waals surface area contributed by atoms with Gasteiger partial charge in [-0.2, -0.15) is 0 Å². The van der Waals surface area contributed by atoms with Gasteiger partial charge in [0, 0.05) is 12.0 Å². The number of carbonyl (C=O) groups excluding carboxylic acids is 2. The predicted octanol–water partition coefficient (Wildman–Crippen LogP) is 2.66. The first-order valence-electron chi connectivity index (χ1n) is 10.3. The minimum Gasteiger partial charge on any atom is -0.457 e. The minimum atomic E-state index is -0.273. The molecule has 2 saturated heterocycles. The van der Waals surface area contributed by atoms with Gasteiger partial charge in [0.25, 0.3) is 5.91 Å². The summed E-state index contributed by atoms with van der Waals surface area (Å²) in [6.07, 6.45) is 0.753. The molecule has 7 heteroatoms. The number of amides is 2. The van der Waals surface area contributed by atoms with E-state index in [0.29, 0.717) is 36.7 Å². The molecule has 4 atom stereocenters. The molecule has 30 heavy (non-hydrogen) atoms. The Balaban J connectivity index is 1.36. The fraction of sp³-hybridized carbons (Fsp3) is 0.391. The summed E-state index contributed by atoms with van der Waals surface area (Å²) in [5.41, 5.74) is 0.498. The highest BCUT2D eigenvalue weighted by atomic mass is 16.6. The van der Waals surface area contributed by atoms with E-state index in [9.17, 15) is 9.59 Å². The lowest BCUT2D eigenvalue weighted by atomic mass is 10.1. The zero-order valence-electron chi connectivity index (χ0n) is 16.9. The van der Waals surface area contributed by atoms with Crippen molar-refractivity contribution < 1.29 is 23.8 Å². The van der Waals surface area contributed by atoms with Gasteiger partial charge in [-0.05, 0) is 36.8 Å². The average molecular weight is 410 g/mol. The second-order valence-corrected chi connectivity index (χ2v) is 7.54. The molecule has 4 rings (SSSR count). The summed E-state index contributed by atoms with van der Waals surface area (Å²) in [4.78, 5) is 24.7. The summed E-state index contributed by atoms with van der Waals surface area (Å²) in [6, 6.07) is 16.0. The van der Waals surface area contributed by atoms with Crippen molar-refractivity contribution in [1.29, 1.82) is 0 Å². The molecule has 2 aromatic carbocycles. The van der Waals surface area contributed by atoms with Gasteiger partial charge in [-0.1, -0.05) is 31.2 Å². The van der Waals surface area contributed by atoms with Crippen LogP contribution in [-0.4, -0.2) is 49.3 Å². The molecule has 0 radical (unpaired) electrons. The molecule has 2 aliphatic heterocycles. The Hall–Kier alpha value is -2.90. The van der Waals surface area contributed by atoms with E-state index in [4.69, 9.17) is 14.2 Å². The summed E-state index contributed by atoms with van der Waals surface area (Å²) in [6.45, 7) is 2.70. The Morgan fingerprint density at radius 1 is 0.933 bits per heavy atom. The smallest absolute Gasteiger partial charge is 0.251 e. The molecule has 0 aliphatic carbocycles. The molecular formula is C23H26N2O5. The zero-order valence-corrected chi connectivity index (χ0v) is 16.9. The van der Waals surface area contributed by atoms with Gasteiger partial charge in [-0.3, -0.25) is 9.59 Å². The molecule has 158 valence electrons. The van der Waals surface area contributed by atoms with Gasteiger partial charge in [0.05, 0.1) is 25.3 Å². The van der Waals surface area contributed by atoms with Crippen LogP contribution in [0.15, 0.2) is 54.6 Å². The van der Waals surface area contributed by atoms with E-state index >= 15 is 0 Å². The second kappa shape index (κ2) is 9.28. The van der Waals surface area contributed by atoms with Crippen molar-refractivity contribution in [2.75, 3.05) is 13.2 Å². The predicted molar refractivity (Wildman–Crippen MR) is 111 cm³/mol. The van der Waals surface area contributed by atoms with Gasteiger partial charge >= 0.3 is 0 Å². The second-order valence-electron chi connectivity index (χ2n) is 7.54. The molecule has 0 saturated carbocycles. The maximum atomic E-state index is 12.8. The van der Waals surface area contributed by atoms with Crippen LogP contribution >= 0.6 is 0 Å². The van der Waals surface area contributed by atoms with Crippen LogP contribution in [0.5, 0.6) is 11.5 Å². The lowest BCUT2D eigenvalue weighted by Gasteiger charge is -2.18. The number of carbonyl (C=O) groups is 2. The van der Waals surface area contributed by atoms with Crippen molar-refractivity contribution >= 4 is 11.8 Å². The Kier molecular flexibility index (Phi) is 6.30. The van der Waals surface area contributed by atoms with E-state index in [-0.39, 0.29) is 36.1 Å². The molecule has 0 bridgehead atoms. The van der Waals surface area contributed by atoms with Crippen LogP contribution < -0.4 is 15.4 Å². The van der Waals surface area contributed by atoms with Crippen LogP contribution in [0.2, 0.25) is 0 Å². The molecule has 2 amide bonds. The van der Waals surface area contributed by atoms with Gasteiger partial charge in [0.15, 0.2) is 0 Å². The summed E-state index contributed by atoms with van der Waals surface area (Å²) < 4.78 is 17.5.